The van der Waals surface area contributed by atoms with Gasteiger partial charge in [-0.05, 0) is 62.0 Å². The van der Waals surface area contributed by atoms with Crippen LogP contribution in [0.25, 0.3) is 11.4 Å². The van der Waals surface area contributed by atoms with E-state index in [9.17, 15) is 18.8 Å². The van der Waals surface area contributed by atoms with Crippen molar-refractivity contribution in [3.8, 4) is 17.1 Å². The van der Waals surface area contributed by atoms with E-state index in [4.69, 9.17) is 14.9 Å². The number of nitrogens with zero attached hydrogens (tertiary/aromatic N) is 1. The molecule has 2 heterocycles. The zero-order valence-corrected chi connectivity index (χ0v) is 23.8. The molecule has 0 aromatic carbocycles. The number of amides is 3. The number of hydrogen-bond donors (Lipinski definition) is 6. The molecule has 3 atom stereocenters. The first-order valence-corrected chi connectivity index (χ1v) is 14.2. The highest BCUT2D eigenvalue weighted by molar-refractivity contribution is 5.95. The fourth-order valence-corrected chi connectivity index (χ4v) is 4.69. The summed E-state index contributed by atoms with van der Waals surface area (Å²) < 4.78 is 20.8. The van der Waals surface area contributed by atoms with E-state index in [-0.39, 0.29) is 43.5 Å². The Bertz CT molecular complexity index is 1450. The average Bonchev–Trinajstić information content (AvgIpc) is 3.47. The van der Waals surface area contributed by atoms with E-state index < -0.39 is 18.2 Å². The molecule has 0 aliphatic heterocycles. The number of aliphatic carboxylic acids is 1. The van der Waals surface area contributed by atoms with Crippen LogP contribution in [0.3, 0.4) is 0 Å². The lowest BCUT2D eigenvalue weighted by Gasteiger charge is -2.21. The lowest BCUT2D eigenvalue weighted by atomic mass is 10.0. The van der Waals surface area contributed by atoms with Crippen molar-refractivity contribution >= 4 is 17.9 Å². The third-order valence-corrected chi connectivity index (χ3v) is 6.91. The lowest BCUT2D eigenvalue weighted by molar-refractivity contribution is -0.137. The first kappa shape index (κ1) is 31.2. The maximum absolute atomic E-state index is 14.9. The third kappa shape index (κ3) is 9.40. The summed E-state index contributed by atoms with van der Waals surface area (Å²) in [5.74, 6) is -0.243. The molecule has 2 aromatic rings. The lowest BCUT2D eigenvalue weighted by Crippen LogP contribution is -2.37. The van der Waals surface area contributed by atoms with Crippen molar-refractivity contribution in [1.29, 1.82) is 0 Å². The number of aliphatic hydroxyl groups is 1. The van der Waals surface area contributed by atoms with Crippen LogP contribution >= 0.6 is 0 Å². The van der Waals surface area contributed by atoms with Gasteiger partial charge in [0.1, 0.15) is 17.7 Å². The zero-order chi connectivity index (χ0) is 30.8. The fourth-order valence-electron chi connectivity index (χ4n) is 4.69. The number of halogens is 1. The molecule has 2 aliphatic rings. The molecule has 0 bridgehead atoms. The average molecular weight is 594 g/mol. The van der Waals surface area contributed by atoms with Gasteiger partial charge in [0.2, 0.25) is 0 Å². The van der Waals surface area contributed by atoms with Crippen molar-refractivity contribution in [2.75, 3.05) is 6.61 Å². The summed E-state index contributed by atoms with van der Waals surface area (Å²) in [6.07, 6.45) is 12.3. The second kappa shape index (κ2) is 15.0. The Kier molecular flexibility index (Phi) is 10.9. The summed E-state index contributed by atoms with van der Waals surface area (Å²) in [5.41, 5.74) is 2.17. The number of pyridine rings is 1. The van der Waals surface area contributed by atoms with E-state index in [1.165, 1.54) is 18.5 Å². The topological polar surface area (TPSA) is 166 Å². The Labute approximate surface area is 248 Å². The van der Waals surface area contributed by atoms with Gasteiger partial charge in [0.05, 0.1) is 22.6 Å². The highest BCUT2D eigenvalue weighted by Crippen LogP contribution is 2.27. The first-order chi connectivity index (χ1) is 20.7. The molecule has 3 amide bonds. The number of aliphatic hydroxyl groups excluding tert-OH is 1. The van der Waals surface area contributed by atoms with Crippen LogP contribution in [0.5, 0.6) is 5.75 Å². The number of nitrogens with one attached hydrogen (secondary N) is 4. The Morgan fingerprint density at radius 1 is 1.21 bits per heavy atom. The molecule has 4 rings (SSSR count). The molecule has 0 saturated carbocycles. The van der Waals surface area contributed by atoms with Crippen molar-refractivity contribution < 1.29 is 33.7 Å². The second-order valence-electron chi connectivity index (χ2n) is 10.5. The summed E-state index contributed by atoms with van der Waals surface area (Å²) in [5, 5.41) is 26.2. The minimum absolute atomic E-state index is 0.0533. The van der Waals surface area contributed by atoms with E-state index in [2.05, 4.69) is 25.9 Å². The molecule has 2 aliphatic carbocycles. The van der Waals surface area contributed by atoms with Crippen molar-refractivity contribution in [2.45, 2.75) is 57.7 Å². The highest BCUT2D eigenvalue weighted by atomic mass is 19.1. The van der Waals surface area contributed by atoms with Crippen molar-refractivity contribution in [1.82, 2.24) is 25.9 Å². The van der Waals surface area contributed by atoms with Gasteiger partial charge in [0.15, 0.2) is 0 Å². The van der Waals surface area contributed by atoms with Gasteiger partial charge in [-0.25, -0.2) is 9.18 Å². The number of aromatic amines is 1. The van der Waals surface area contributed by atoms with Gasteiger partial charge in [0.25, 0.3) is 5.91 Å². The summed E-state index contributed by atoms with van der Waals surface area (Å²) in [6.45, 7) is 1.99. The summed E-state index contributed by atoms with van der Waals surface area (Å²) in [6, 6.07) is 3.98. The van der Waals surface area contributed by atoms with Crippen molar-refractivity contribution in [3.63, 3.8) is 0 Å². The summed E-state index contributed by atoms with van der Waals surface area (Å²) in [4.78, 5) is 43.5. The largest absolute Gasteiger partial charge is 0.481 e. The van der Waals surface area contributed by atoms with E-state index in [0.717, 1.165) is 6.42 Å². The Hall–Kier alpha value is -4.71. The van der Waals surface area contributed by atoms with Crippen LogP contribution in [0.15, 0.2) is 78.1 Å². The Balaban J connectivity index is 1.36. The van der Waals surface area contributed by atoms with Crippen LogP contribution in [0, 0.1) is 5.92 Å². The SMILES string of the molecule is CC1C=C(NC(=O)NC2=CC=C(Oc3ccnc(-c4cc(C(=O)NC(CCCO)CCC(=O)O)c[nH]4)c3)CC2F)C=CC1. The molecule has 0 fully saturated rings. The molecule has 2 aromatic heterocycles. The molecular formula is C31H36FN5O6. The number of rotatable bonds is 13. The van der Waals surface area contributed by atoms with Gasteiger partial charge in [-0.15, -0.1) is 0 Å². The molecular weight excluding hydrogens is 557 g/mol. The van der Waals surface area contributed by atoms with E-state index in [0.29, 0.717) is 52.9 Å². The predicted molar refractivity (Wildman–Crippen MR) is 157 cm³/mol. The number of allylic oxidation sites excluding steroid dienone is 7. The van der Waals surface area contributed by atoms with Crippen molar-refractivity contribution in [2.24, 2.45) is 5.92 Å². The number of carboxylic acid groups (broad SMARTS) is 1. The summed E-state index contributed by atoms with van der Waals surface area (Å²) in [7, 11) is 0. The second-order valence-corrected chi connectivity index (χ2v) is 10.5. The quantitative estimate of drug-likeness (QED) is 0.199. The van der Waals surface area contributed by atoms with Gasteiger partial charge in [-0.2, -0.15) is 0 Å². The Morgan fingerprint density at radius 2 is 2.05 bits per heavy atom. The van der Waals surface area contributed by atoms with Crippen LogP contribution in [0.4, 0.5) is 9.18 Å². The first-order valence-electron chi connectivity index (χ1n) is 14.2. The van der Waals surface area contributed by atoms with Crippen LogP contribution < -0.4 is 20.7 Å². The van der Waals surface area contributed by atoms with Crippen molar-refractivity contribution in [3.05, 3.63) is 83.7 Å². The smallest absolute Gasteiger partial charge is 0.323 e. The minimum atomic E-state index is -1.47. The molecule has 11 nitrogen and oxygen atoms in total. The number of carbonyl (C=O) groups is 3. The van der Waals surface area contributed by atoms with Gasteiger partial charge < -0.3 is 35.9 Å². The number of aromatic nitrogens is 2. The fraction of sp³-hybridized carbons (Fsp3) is 0.355. The van der Waals surface area contributed by atoms with Crippen LogP contribution in [-0.2, 0) is 4.79 Å². The van der Waals surface area contributed by atoms with Crippen LogP contribution in [-0.4, -0.2) is 56.9 Å². The van der Waals surface area contributed by atoms with Crippen LogP contribution in [0.2, 0.25) is 0 Å². The van der Waals surface area contributed by atoms with E-state index >= 15 is 0 Å². The molecule has 228 valence electrons. The standard InChI is InChI=1S/C31H36FN5O6/c1-19-4-2-5-22(14-19)36-31(42)37-26-9-8-23(16-25(26)32)43-24-11-12-33-28(17-24)27-15-20(18-34-27)30(41)35-21(6-3-13-38)7-10-29(39)40/h2,5,8-9,11-12,14-15,17-19,21,25,34,38H,3-4,6-7,10,13,16H2,1H3,(H,35,41)(H,39,40)(H2,36,37,42). The number of carbonyl (C=O) groups excluding carboxylic acids is 2. The normalized spacial score (nSPS) is 18.5. The minimum Gasteiger partial charge on any atom is -0.481 e. The predicted octanol–water partition coefficient (Wildman–Crippen LogP) is 4.48. The number of urea groups is 1. The maximum Gasteiger partial charge on any atom is 0.323 e. The van der Waals surface area contributed by atoms with E-state index in [1.54, 1.807) is 24.3 Å². The number of alkyl halides is 1. The number of H-pyrrole nitrogens is 1. The molecule has 0 saturated heterocycles. The molecule has 3 unspecified atom stereocenters. The van der Waals surface area contributed by atoms with Gasteiger partial charge in [-0.3, -0.25) is 14.6 Å². The van der Waals surface area contributed by atoms with E-state index in [1.807, 2.05) is 25.2 Å². The van der Waals surface area contributed by atoms with Crippen LogP contribution in [0.1, 0.15) is 55.8 Å². The maximum atomic E-state index is 14.9. The number of hydrogen-bond acceptors (Lipinski definition) is 6. The third-order valence-electron chi connectivity index (χ3n) is 6.91. The van der Waals surface area contributed by atoms with Gasteiger partial charge in [0, 0.05) is 49.6 Å². The highest BCUT2D eigenvalue weighted by Gasteiger charge is 2.23. The molecule has 12 heteroatoms. The number of ether oxygens (including phenoxy) is 1. The molecule has 0 spiro atoms. The van der Waals surface area contributed by atoms with Gasteiger partial charge >= 0.3 is 12.0 Å². The van der Waals surface area contributed by atoms with Gasteiger partial charge in [-0.1, -0.05) is 19.1 Å². The summed E-state index contributed by atoms with van der Waals surface area (Å²) >= 11 is 0. The monoisotopic (exact) mass is 593 g/mol. The number of carboxylic acids is 1. The molecule has 43 heavy (non-hydrogen) atoms. The zero-order valence-electron chi connectivity index (χ0n) is 23.8. The molecule has 6 N–H and O–H groups in total. The Morgan fingerprint density at radius 3 is 2.79 bits per heavy atom. The molecule has 0 radical (unpaired) electrons.